The minimum atomic E-state index is -0.524. The molecule has 1 aromatic heterocycles. The second kappa shape index (κ2) is 6.49. The van der Waals surface area contributed by atoms with Crippen LogP contribution in [0.15, 0.2) is 34.9 Å². The van der Waals surface area contributed by atoms with Gasteiger partial charge in [0.1, 0.15) is 5.82 Å². The molecule has 1 N–H and O–H groups in total. The van der Waals surface area contributed by atoms with E-state index in [1.54, 1.807) is 18.3 Å². The molecule has 120 valence electrons. The van der Waals surface area contributed by atoms with E-state index in [9.17, 15) is 14.9 Å². The van der Waals surface area contributed by atoms with E-state index < -0.39 is 4.92 Å². The van der Waals surface area contributed by atoms with Gasteiger partial charge in [0.15, 0.2) is 0 Å². The van der Waals surface area contributed by atoms with Gasteiger partial charge in [-0.15, -0.1) is 0 Å². The average molecular weight is 379 g/mol. The second-order valence-corrected chi connectivity index (χ2v) is 6.33. The molecule has 0 spiro atoms. The zero-order valence-electron chi connectivity index (χ0n) is 12.2. The van der Waals surface area contributed by atoms with Gasteiger partial charge in [-0.2, -0.15) is 5.10 Å². The van der Waals surface area contributed by atoms with Crippen molar-refractivity contribution in [3.8, 4) is 0 Å². The van der Waals surface area contributed by atoms with E-state index in [2.05, 4.69) is 26.3 Å². The fraction of sp³-hybridized carbons (Fsp3) is 0.333. The summed E-state index contributed by atoms with van der Waals surface area (Å²) in [5.74, 6) is 0.229. The lowest BCUT2D eigenvalue weighted by molar-refractivity contribution is -0.385. The van der Waals surface area contributed by atoms with Gasteiger partial charge in [0.25, 0.3) is 11.6 Å². The van der Waals surface area contributed by atoms with Gasteiger partial charge in [-0.25, -0.2) is 4.68 Å². The third-order valence-electron chi connectivity index (χ3n) is 3.99. The summed E-state index contributed by atoms with van der Waals surface area (Å²) < 4.78 is 2.17. The number of aromatic nitrogens is 2. The summed E-state index contributed by atoms with van der Waals surface area (Å²) >= 11 is 3.11. The van der Waals surface area contributed by atoms with Crippen LogP contribution in [0.5, 0.6) is 0 Å². The van der Waals surface area contributed by atoms with Gasteiger partial charge >= 0.3 is 0 Å². The molecule has 3 rings (SSSR count). The van der Waals surface area contributed by atoms with Gasteiger partial charge < -0.3 is 5.32 Å². The van der Waals surface area contributed by atoms with Gasteiger partial charge in [0.05, 0.1) is 21.6 Å². The minimum absolute atomic E-state index is 0.137. The van der Waals surface area contributed by atoms with Crippen molar-refractivity contribution in [2.24, 2.45) is 0 Å². The van der Waals surface area contributed by atoms with E-state index in [-0.39, 0.29) is 17.2 Å². The normalized spacial score (nSPS) is 14.8. The number of nitro benzene ring substituents is 1. The Morgan fingerprint density at radius 2 is 2.09 bits per heavy atom. The van der Waals surface area contributed by atoms with Crippen LogP contribution in [0.4, 0.5) is 11.5 Å². The van der Waals surface area contributed by atoms with E-state index in [1.165, 1.54) is 12.1 Å². The molecule has 1 aliphatic rings. The maximum atomic E-state index is 12.4. The van der Waals surface area contributed by atoms with Crippen molar-refractivity contribution in [1.82, 2.24) is 9.78 Å². The zero-order chi connectivity index (χ0) is 16.4. The molecule has 1 saturated carbocycles. The smallest absolute Gasteiger partial charge is 0.284 e. The molecule has 8 heteroatoms. The number of nitrogens with one attached hydrogen (secondary N) is 1. The first-order valence-electron chi connectivity index (χ1n) is 7.35. The Hall–Kier alpha value is -2.22. The second-order valence-electron chi connectivity index (χ2n) is 5.48. The first-order chi connectivity index (χ1) is 11.1. The van der Waals surface area contributed by atoms with Crippen molar-refractivity contribution in [3.05, 3.63) is 50.6 Å². The maximum absolute atomic E-state index is 12.4. The molecule has 23 heavy (non-hydrogen) atoms. The highest BCUT2D eigenvalue weighted by atomic mass is 79.9. The van der Waals surface area contributed by atoms with Gasteiger partial charge in [0, 0.05) is 17.7 Å². The molecule has 1 amide bonds. The van der Waals surface area contributed by atoms with Crippen LogP contribution < -0.4 is 5.32 Å². The summed E-state index contributed by atoms with van der Waals surface area (Å²) in [6.07, 6.45) is 6.08. The topological polar surface area (TPSA) is 90.1 Å². The van der Waals surface area contributed by atoms with Crippen LogP contribution in [0.1, 0.15) is 42.1 Å². The Labute approximate surface area is 141 Å². The van der Waals surface area contributed by atoms with E-state index in [4.69, 9.17) is 0 Å². The van der Waals surface area contributed by atoms with Gasteiger partial charge in [0.2, 0.25) is 0 Å². The van der Waals surface area contributed by atoms with Crippen molar-refractivity contribution >= 4 is 33.3 Å². The molecular weight excluding hydrogens is 364 g/mol. The van der Waals surface area contributed by atoms with Crippen LogP contribution in [0, 0.1) is 10.1 Å². The predicted octanol–water partition coefficient (Wildman–Crippen LogP) is 3.92. The molecule has 1 heterocycles. The molecule has 1 fully saturated rings. The SMILES string of the molecule is O=C(Nc1ccnn1C1CCCC1)c1ccc(Br)c([N+](=O)[O-])c1. The molecule has 0 saturated heterocycles. The summed E-state index contributed by atoms with van der Waals surface area (Å²) in [4.78, 5) is 22.8. The Balaban J connectivity index is 1.81. The van der Waals surface area contributed by atoms with Crippen LogP contribution >= 0.6 is 15.9 Å². The van der Waals surface area contributed by atoms with Gasteiger partial charge in [-0.3, -0.25) is 14.9 Å². The summed E-state index contributed by atoms with van der Waals surface area (Å²) in [7, 11) is 0. The Kier molecular flexibility index (Phi) is 4.42. The average Bonchev–Trinajstić information content (AvgIpc) is 3.17. The molecule has 0 aliphatic heterocycles. The number of nitrogens with zero attached hydrogens (tertiary/aromatic N) is 3. The van der Waals surface area contributed by atoms with E-state index in [1.807, 2.05) is 4.68 Å². The summed E-state index contributed by atoms with van der Waals surface area (Å²) in [5, 5.41) is 18.1. The maximum Gasteiger partial charge on any atom is 0.284 e. The number of anilines is 1. The Morgan fingerprint density at radius 1 is 1.35 bits per heavy atom. The number of rotatable bonds is 4. The molecule has 0 atom stereocenters. The lowest BCUT2D eigenvalue weighted by atomic mass is 10.2. The van der Waals surface area contributed by atoms with E-state index >= 15 is 0 Å². The zero-order valence-corrected chi connectivity index (χ0v) is 13.8. The fourth-order valence-corrected chi connectivity index (χ4v) is 3.23. The molecule has 0 bridgehead atoms. The van der Waals surface area contributed by atoms with Crippen molar-refractivity contribution < 1.29 is 9.72 Å². The van der Waals surface area contributed by atoms with Crippen LogP contribution in [-0.2, 0) is 0 Å². The largest absolute Gasteiger partial charge is 0.307 e. The number of carbonyl (C=O) groups excluding carboxylic acids is 1. The van der Waals surface area contributed by atoms with Crippen LogP contribution in [0.3, 0.4) is 0 Å². The lowest BCUT2D eigenvalue weighted by Gasteiger charge is -2.14. The van der Waals surface area contributed by atoms with Crippen molar-refractivity contribution in [2.75, 3.05) is 5.32 Å². The number of hydrogen-bond donors (Lipinski definition) is 1. The number of amides is 1. The van der Waals surface area contributed by atoms with Crippen LogP contribution in [0.2, 0.25) is 0 Å². The van der Waals surface area contributed by atoms with Crippen molar-refractivity contribution in [3.63, 3.8) is 0 Å². The van der Waals surface area contributed by atoms with Gasteiger partial charge in [-0.1, -0.05) is 12.8 Å². The van der Waals surface area contributed by atoms with Gasteiger partial charge in [-0.05, 0) is 40.9 Å². The molecule has 0 radical (unpaired) electrons. The number of nitro groups is 1. The van der Waals surface area contributed by atoms with Crippen molar-refractivity contribution in [2.45, 2.75) is 31.7 Å². The standard InChI is InChI=1S/C15H15BrN4O3/c16-12-6-5-10(9-13(12)20(22)23)15(21)18-14-7-8-17-19(14)11-3-1-2-4-11/h5-9,11H,1-4H2,(H,18,21). The summed E-state index contributed by atoms with van der Waals surface area (Å²) in [6.45, 7) is 0. The molecule has 0 unspecified atom stereocenters. The van der Waals surface area contributed by atoms with E-state index in [0.717, 1.165) is 25.7 Å². The molecule has 2 aromatic rings. The minimum Gasteiger partial charge on any atom is -0.307 e. The number of carbonyl (C=O) groups is 1. The number of hydrogen-bond acceptors (Lipinski definition) is 4. The first-order valence-corrected chi connectivity index (χ1v) is 8.14. The fourth-order valence-electron chi connectivity index (χ4n) is 2.84. The third-order valence-corrected chi connectivity index (χ3v) is 4.66. The molecule has 1 aromatic carbocycles. The Morgan fingerprint density at radius 3 is 2.78 bits per heavy atom. The summed E-state index contributed by atoms with van der Waals surface area (Å²) in [6, 6.07) is 6.35. The number of benzene rings is 1. The van der Waals surface area contributed by atoms with Crippen LogP contribution in [0.25, 0.3) is 0 Å². The monoisotopic (exact) mass is 378 g/mol. The first kappa shape index (κ1) is 15.7. The highest BCUT2D eigenvalue weighted by Gasteiger charge is 2.21. The quantitative estimate of drug-likeness (QED) is 0.644. The van der Waals surface area contributed by atoms with E-state index in [0.29, 0.717) is 16.3 Å². The highest BCUT2D eigenvalue weighted by molar-refractivity contribution is 9.10. The Bertz CT molecular complexity index is 753. The molecule has 7 nitrogen and oxygen atoms in total. The predicted molar refractivity (Wildman–Crippen MR) is 88.5 cm³/mol. The van der Waals surface area contributed by atoms with Crippen molar-refractivity contribution in [1.29, 1.82) is 0 Å². The summed E-state index contributed by atoms with van der Waals surface area (Å²) in [5.41, 5.74) is 0.0982. The highest BCUT2D eigenvalue weighted by Crippen LogP contribution is 2.31. The number of halogens is 1. The molecule has 1 aliphatic carbocycles. The van der Waals surface area contributed by atoms with Crippen LogP contribution in [-0.4, -0.2) is 20.6 Å². The third kappa shape index (κ3) is 3.26. The molecular formula is C15H15BrN4O3. The lowest BCUT2D eigenvalue weighted by Crippen LogP contribution is -2.17.